The van der Waals surface area contributed by atoms with Crippen molar-refractivity contribution in [2.24, 2.45) is 11.7 Å². The highest BCUT2D eigenvalue weighted by Crippen LogP contribution is 2.35. The zero-order chi connectivity index (χ0) is 10.8. The zero-order valence-electron chi connectivity index (χ0n) is 9.17. The maximum atomic E-state index is 6.23. The van der Waals surface area contributed by atoms with Gasteiger partial charge in [-0.1, -0.05) is 47.3 Å². The van der Waals surface area contributed by atoms with Gasteiger partial charge in [0.2, 0.25) is 0 Å². The lowest BCUT2D eigenvalue weighted by atomic mass is 9.80. The van der Waals surface area contributed by atoms with E-state index >= 15 is 0 Å². The molecule has 1 aliphatic rings. The number of hydrogen-bond donors (Lipinski definition) is 1. The van der Waals surface area contributed by atoms with E-state index in [0.29, 0.717) is 0 Å². The first kappa shape index (κ1) is 11.2. The Hall–Kier alpha value is -0.340. The molecule has 0 radical (unpaired) electrons. The van der Waals surface area contributed by atoms with Gasteiger partial charge in [0.05, 0.1) is 0 Å². The largest absolute Gasteiger partial charge is 0.324 e. The maximum Gasteiger partial charge on any atom is 0.0308 e. The van der Waals surface area contributed by atoms with E-state index in [2.05, 4.69) is 41.1 Å². The smallest absolute Gasteiger partial charge is 0.0308 e. The average molecular weight is 268 g/mol. The Kier molecular flexibility index (Phi) is 3.47. The predicted molar refractivity (Wildman–Crippen MR) is 67.8 cm³/mol. The Labute approximate surface area is 100 Å². The van der Waals surface area contributed by atoms with Gasteiger partial charge in [0.1, 0.15) is 0 Å². The minimum absolute atomic E-state index is 0.199. The van der Waals surface area contributed by atoms with Crippen molar-refractivity contribution < 1.29 is 0 Å². The molecule has 0 bridgehead atoms. The molecule has 1 atom stereocenters. The molecule has 0 aliphatic heterocycles. The Bertz CT molecular complexity index is 344. The molecule has 82 valence electrons. The van der Waals surface area contributed by atoms with Crippen LogP contribution >= 0.6 is 15.9 Å². The van der Waals surface area contributed by atoms with Crippen LogP contribution in [0.2, 0.25) is 0 Å². The van der Waals surface area contributed by atoms with Gasteiger partial charge in [-0.3, -0.25) is 0 Å². The van der Waals surface area contributed by atoms with Gasteiger partial charge in [0.25, 0.3) is 0 Å². The molecule has 2 heteroatoms. The fourth-order valence-corrected chi connectivity index (χ4v) is 2.93. The second-order valence-corrected chi connectivity index (χ2v) is 5.52. The molecule has 0 saturated heterocycles. The monoisotopic (exact) mass is 267 g/mol. The van der Waals surface area contributed by atoms with E-state index in [1.807, 2.05) is 0 Å². The SMILES string of the molecule is Cc1ccc(C(N)CC2CCC2)c(Br)c1. The van der Waals surface area contributed by atoms with E-state index in [-0.39, 0.29) is 6.04 Å². The van der Waals surface area contributed by atoms with Crippen LogP contribution in [0.15, 0.2) is 22.7 Å². The Morgan fingerprint density at radius 2 is 2.20 bits per heavy atom. The van der Waals surface area contributed by atoms with Crippen molar-refractivity contribution in [3.63, 3.8) is 0 Å². The molecular weight excluding hydrogens is 250 g/mol. The highest BCUT2D eigenvalue weighted by Gasteiger charge is 2.21. The Morgan fingerprint density at radius 1 is 1.47 bits per heavy atom. The van der Waals surface area contributed by atoms with Crippen LogP contribution in [0.3, 0.4) is 0 Å². The second-order valence-electron chi connectivity index (χ2n) is 4.66. The minimum Gasteiger partial charge on any atom is -0.324 e. The fraction of sp³-hybridized carbons (Fsp3) is 0.538. The van der Waals surface area contributed by atoms with E-state index in [4.69, 9.17) is 5.73 Å². The fourth-order valence-electron chi connectivity index (χ4n) is 2.15. The van der Waals surface area contributed by atoms with Crippen molar-refractivity contribution in [1.82, 2.24) is 0 Å². The summed E-state index contributed by atoms with van der Waals surface area (Å²) in [4.78, 5) is 0. The van der Waals surface area contributed by atoms with Crippen LogP contribution in [0, 0.1) is 12.8 Å². The summed E-state index contributed by atoms with van der Waals surface area (Å²) in [5.74, 6) is 0.869. The lowest BCUT2D eigenvalue weighted by molar-refractivity contribution is 0.277. The van der Waals surface area contributed by atoms with Gasteiger partial charge in [0, 0.05) is 10.5 Å². The molecule has 0 amide bonds. The molecule has 0 spiro atoms. The van der Waals surface area contributed by atoms with E-state index in [1.54, 1.807) is 0 Å². The normalized spacial score (nSPS) is 18.6. The highest BCUT2D eigenvalue weighted by molar-refractivity contribution is 9.10. The molecule has 1 aromatic rings. The third-order valence-corrected chi connectivity index (χ3v) is 4.05. The summed E-state index contributed by atoms with van der Waals surface area (Å²) in [5, 5.41) is 0. The van der Waals surface area contributed by atoms with Crippen LogP contribution in [-0.4, -0.2) is 0 Å². The predicted octanol–water partition coefficient (Wildman–Crippen LogP) is 3.95. The second kappa shape index (κ2) is 4.67. The van der Waals surface area contributed by atoms with E-state index < -0.39 is 0 Å². The number of halogens is 1. The number of nitrogens with two attached hydrogens (primary N) is 1. The molecule has 1 saturated carbocycles. The summed E-state index contributed by atoms with van der Waals surface area (Å²) in [6.45, 7) is 2.10. The van der Waals surface area contributed by atoms with Crippen molar-refractivity contribution in [1.29, 1.82) is 0 Å². The van der Waals surface area contributed by atoms with Crippen LogP contribution in [0.1, 0.15) is 42.9 Å². The highest BCUT2D eigenvalue weighted by atomic mass is 79.9. The molecule has 15 heavy (non-hydrogen) atoms. The van der Waals surface area contributed by atoms with Gasteiger partial charge < -0.3 is 5.73 Å². The standard InChI is InChI=1S/C13H18BrN/c1-9-5-6-11(12(14)7-9)13(15)8-10-3-2-4-10/h5-7,10,13H,2-4,8,15H2,1H3. The summed E-state index contributed by atoms with van der Waals surface area (Å²) in [6.07, 6.45) is 5.28. The van der Waals surface area contributed by atoms with Gasteiger partial charge in [-0.15, -0.1) is 0 Å². The molecule has 0 aromatic heterocycles. The van der Waals surface area contributed by atoms with Gasteiger partial charge in [-0.25, -0.2) is 0 Å². The molecule has 2 N–H and O–H groups in total. The van der Waals surface area contributed by atoms with Crippen LogP contribution in [0.5, 0.6) is 0 Å². The van der Waals surface area contributed by atoms with Crippen molar-refractivity contribution in [2.75, 3.05) is 0 Å². The van der Waals surface area contributed by atoms with Gasteiger partial charge in [-0.05, 0) is 36.5 Å². The lowest BCUT2D eigenvalue weighted by Crippen LogP contribution is -2.20. The van der Waals surface area contributed by atoms with Crippen LogP contribution in [-0.2, 0) is 0 Å². The molecule has 2 rings (SSSR count). The summed E-state index contributed by atoms with van der Waals surface area (Å²) in [6, 6.07) is 6.64. The van der Waals surface area contributed by atoms with Crippen molar-refractivity contribution in [2.45, 2.75) is 38.6 Å². The molecule has 1 aliphatic carbocycles. The van der Waals surface area contributed by atoms with Crippen LogP contribution in [0.4, 0.5) is 0 Å². The van der Waals surface area contributed by atoms with Crippen molar-refractivity contribution >= 4 is 15.9 Å². The number of benzene rings is 1. The van der Waals surface area contributed by atoms with E-state index in [1.165, 1.54) is 30.4 Å². The first-order valence-electron chi connectivity index (χ1n) is 5.68. The summed E-state index contributed by atoms with van der Waals surface area (Å²) >= 11 is 3.60. The van der Waals surface area contributed by atoms with E-state index in [9.17, 15) is 0 Å². The minimum atomic E-state index is 0.199. The third-order valence-electron chi connectivity index (χ3n) is 3.37. The van der Waals surface area contributed by atoms with Crippen molar-refractivity contribution in [3.05, 3.63) is 33.8 Å². The number of aryl methyl sites for hydroxylation is 1. The molecule has 1 aromatic carbocycles. The zero-order valence-corrected chi connectivity index (χ0v) is 10.8. The first-order chi connectivity index (χ1) is 7.16. The van der Waals surface area contributed by atoms with Gasteiger partial charge in [0.15, 0.2) is 0 Å². The molecule has 1 nitrogen and oxygen atoms in total. The van der Waals surface area contributed by atoms with Gasteiger partial charge >= 0.3 is 0 Å². The molecule has 0 heterocycles. The maximum absolute atomic E-state index is 6.23. The van der Waals surface area contributed by atoms with Crippen LogP contribution < -0.4 is 5.73 Å². The quantitative estimate of drug-likeness (QED) is 0.882. The first-order valence-corrected chi connectivity index (χ1v) is 6.48. The topological polar surface area (TPSA) is 26.0 Å². The summed E-state index contributed by atoms with van der Waals surface area (Å²) in [7, 11) is 0. The summed E-state index contributed by atoms with van der Waals surface area (Å²) < 4.78 is 1.16. The molecule has 1 unspecified atom stereocenters. The van der Waals surface area contributed by atoms with Crippen LogP contribution in [0.25, 0.3) is 0 Å². The third kappa shape index (κ3) is 2.61. The molecular formula is C13H18BrN. The van der Waals surface area contributed by atoms with Gasteiger partial charge in [-0.2, -0.15) is 0 Å². The Balaban J connectivity index is 2.06. The van der Waals surface area contributed by atoms with Crippen molar-refractivity contribution in [3.8, 4) is 0 Å². The Morgan fingerprint density at radius 3 is 2.73 bits per heavy atom. The average Bonchev–Trinajstić information content (AvgIpc) is 2.11. The number of hydrogen-bond acceptors (Lipinski definition) is 1. The lowest BCUT2D eigenvalue weighted by Gasteiger charge is -2.28. The molecule has 1 fully saturated rings. The van der Waals surface area contributed by atoms with E-state index in [0.717, 1.165) is 16.8 Å². The number of rotatable bonds is 3. The summed E-state index contributed by atoms with van der Waals surface area (Å²) in [5.41, 5.74) is 8.76.